The number of aromatic nitrogens is 1. The van der Waals surface area contributed by atoms with Gasteiger partial charge >= 0.3 is 6.03 Å². The number of carbonyl (C=O) groups excluding carboxylic acids is 1. The summed E-state index contributed by atoms with van der Waals surface area (Å²) in [6.45, 7) is 1.45. The maximum atomic E-state index is 12.3. The van der Waals surface area contributed by atoms with Gasteiger partial charge in [-0.05, 0) is 79.3 Å². The zero-order valence-electron chi connectivity index (χ0n) is 27.8. The summed E-state index contributed by atoms with van der Waals surface area (Å²) in [4.78, 5) is 16.7. The average molecular weight is 698 g/mol. The van der Waals surface area contributed by atoms with Crippen molar-refractivity contribution in [2.75, 3.05) is 19.8 Å². The van der Waals surface area contributed by atoms with Crippen LogP contribution >= 0.6 is 11.6 Å². The molecule has 5 atom stereocenters. The molecule has 2 fully saturated rings. The van der Waals surface area contributed by atoms with Gasteiger partial charge in [0.05, 0.1) is 37.6 Å². The van der Waals surface area contributed by atoms with E-state index in [0.717, 1.165) is 72.1 Å². The fourth-order valence-electron chi connectivity index (χ4n) is 5.96. The topological polar surface area (TPSA) is 174 Å². The molecule has 0 radical (unpaired) electrons. The van der Waals surface area contributed by atoms with Crippen LogP contribution in [-0.4, -0.2) is 86.8 Å². The van der Waals surface area contributed by atoms with Crippen LogP contribution in [0, 0.1) is 0 Å². The first-order valence-electron chi connectivity index (χ1n) is 17.1. The van der Waals surface area contributed by atoms with E-state index in [1.54, 1.807) is 0 Å². The molecule has 0 aliphatic heterocycles. The second-order valence-corrected chi connectivity index (χ2v) is 13.6. The predicted octanol–water partition coefficient (Wildman–Crippen LogP) is 4.16. The molecule has 49 heavy (non-hydrogen) atoms. The zero-order chi connectivity index (χ0) is 35.0. The monoisotopic (exact) mass is 697 g/mol. The molecular formula is C37H48ClN3O8. The van der Waals surface area contributed by atoms with E-state index < -0.39 is 49.2 Å². The molecule has 0 bridgehead atoms. The maximum absolute atomic E-state index is 12.3. The molecule has 11 nitrogen and oxygen atoms in total. The van der Waals surface area contributed by atoms with Gasteiger partial charge in [-0.2, -0.15) is 0 Å². The molecule has 5 rings (SSSR count). The highest BCUT2D eigenvalue weighted by Gasteiger charge is 2.48. The summed E-state index contributed by atoms with van der Waals surface area (Å²) in [7, 11) is 0. The number of carbonyl (C=O) groups is 1. The Morgan fingerprint density at radius 2 is 1.80 bits per heavy atom. The van der Waals surface area contributed by atoms with Crippen LogP contribution in [0.2, 0.25) is 5.02 Å². The number of aliphatic hydroxyl groups excluding tert-OH is 5. The number of amides is 2. The van der Waals surface area contributed by atoms with Crippen LogP contribution in [0.1, 0.15) is 74.5 Å². The number of halogens is 1. The Kier molecular flexibility index (Phi) is 12.9. The van der Waals surface area contributed by atoms with Crippen molar-refractivity contribution < 1.29 is 39.8 Å². The highest BCUT2D eigenvalue weighted by molar-refractivity contribution is 6.31. The minimum atomic E-state index is -1.73. The van der Waals surface area contributed by atoms with Crippen molar-refractivity contribution in [3.63, 3.8) is 0 Å². The normalized spacial score (nSPS) is 18.2. The van der Waals surface area contributed by atoms with E-state index in [9.17, 15) is 25.2 Å². The number of benzene rings is 2. The van der Waals surface area contributed by atoms with E-state index in [1.165, 1.54) is 0 Å². The number of nitrogens with zero attached hydrogens (tertiary/aromatic N) is 1. The molecule has 12 heteroatoms. The van der Waals surface area contributed by atoms with Crippen LogP contribution in [0.25, 0.3) is 11.1 Å². The van der Waals surface area contributed by atoms with Crippen molar-refractivity contribution in [2.24, 2.45) is 0 Å². The molecule has 1 aromatic heterocycles. The first kappa shape index (κ1) is 37.0. The van der Waals surface area contributed by atoms with Crippen molar-refractivity contribution in [3.8, 4) is 16.9 Å². The van der Waals surface area contributed by atoms with Crippen molar-refractivity contribution in [1.82, 2.24) is 15.6 Å². The number of pyridine rings is 1. The second-order valence-electron chi connectivity index (χ2n) is 13.2. The summed E-state index contributed by atoms with van der Waals surface area (Å²) in [6, 6.07) is 14.4. The van der Waals surface area contributed by atoms with Gasteiger partial charge < -0.3 is 45.6 Å². The maximum Gasteiger partial charge on any atom is 0.315 e. The Labute approximate surface area is 292 Å². The average Bonchev–Trinajstić information content (AvgIpc) is 4.07. The Balaban J connectivity index is 1.12. The number of hydrogen-bond acceptors (Lipinski definition) is 9. The third kappa shape index (κ3) is 9.70. The van der Waals surface area contributed by atoms with E-state index in [4.69, 9.17) is 26.2 Å². The number of ether oxygens (including phenoxy) is 2. The fraction of sp³-hybridized carbons (Fsp3) is 0.514. The molecule has 2 amide bonds. The summed E-state index contributed by atoms with van der Waals surface area (Å²) in [6.07, 6.45) is 5.41. The molecule has 2 aliphatic carbocycles. The van der Waals surface area contributed by atoms with Gasteiger partial charge in [-0.15, -0.1) is 0 Å². The molecule has 5 unspecified atom stereocenters. The zero-order valence-corrected chi connectivity index (χ0v) is 28.6. The highest BCUT2D eigenvalue weighted by Crippen LogP contribution is 2.53. The first-order chi connectivity index (χ1) is 23.7. The van der Waals surface area contributed by atoms with Crippen molar-refractivity contribution >= 4 is 17.6 Å². The number of unbranched alkanes of at least 4 members (excludes halogenated alkanes) is 1. The van der Waals surface area contributed by atoms with Gasteiger partial charge in [0.1, 0.15) is 24.1 Å². The number of urea groups is 1. The number of aliphatic hydroxyl groups is 5. The Morgan fingerprint density at radius 3 is 2.51 bits per heavy atom. The minimum absolute atomic E-state index is 0.237. The predicted molar refractivity (Wildman–Crippen MR) is 185 cm³/mol. The molecule has 0 saturated heterocycles. The second kappa shape index (κ2) is 17.1. The van der Waals surface area contributed by atoms with Crippen molar-refractivity contribution in [2.45, 2.75) is 100 Å². The van der Waals surface area contributed by atoms with Crippen LogP contribution in [0.4, 0.5) is 4.79 Å². The Morgan fingerprint density at radius 1 is 1.02 bits per heavy atom. The SMILES string of the molecule is CC(CCCCNC(=O)NC(CO)C(O)C(O)C(O)CO)c1ccc(Cl)c(COC2(c3cnccc3-c3ccccc3OC3CC3)CC2)c1. The molecular weight excluding hydrogens is 650 g/mol. The summed E-state index contributed by atoms with van der Waals surface area (Å²) in [5.74, 6) is 1.13. The third-order valence-corrected chi connectivity index (χ3v) is 9.73. The summed E-state index contributed by atoms with van der Waals surface area (Å²) < 4.78 is 12.9. The van der Waals surface area contributed by atoms with Gasteiger partial charge in [0, 0.05) is 35.1 Å². The van der Waals surface area contributed by atoms with Crippen LogP contribution in [0.5, 0.6) is 5.75 Å². The van der Waals surface area contributed by atoms with Crippen molar-refractivity contribution in [3.05, 3.63) is 82.6 Å². The minimum Gasteiger partial charge on any atom is -0.490 e. The number of hydrogen-bond donors (Lipinski definition) is 7. The lowest BCUT2D eigenvalue weighted by molar-refractivity contribution is -0.0902. The molecule has 2 aromatic carbocycles. The quantitative estimate of drug-likeness (QED) is 0.0908. The first-order valence-corrected chi connectivity index (χ1v) is 17.5. The molecule has 3 aromatic rings. The molecule has 266 valence electrons. The standard InChI is InChI=1S/C37H48ClN3O8/c1-23(6-4-5-16-40-36(47)41-31(20-42)34(45)35(46)32(44)21-43)24-9-12-30(38)25(18-24)22-48-37(14-15-37)29-19-39-17-13-27(29)28-7-2-3-8-33(28)49-26-10-11-26/h2-3,7-9,12-13,17-19,23,26,31-32,34-35,42-46H,4-6,10-11,14-16,20-22H2,1H3,(H2,40,41,47). The van der Waals surface area contributed by atoms with Gasteiger partial charge in [0.2, 0.25) is 0 Å². The van der Waals surface area contributed by atoms with Crippen LogP contribution in [-0.2, 0) is 16.9 Å². The molecule has 2 aliphatic rings. The van der Waals surface area contributed by atoms with Crippen LogP contribution in [0.15, 0.2) is 60.9 Å². The Hall–Kier alpha value is -3.29. The summed E-state index contributed by atoms with van der Waals surface area (Å²) in [5.41, 5.74) is 4.83. The van der Waals surface area contributed by atoms with Gasteiger partial charge in [0.15, 0.2) is 0 Å². The third-order valence-electron chi connectivity index (χ3n) is 9.36. The fourth-order valence-corrected chi connectivity index (χ4v) is 6.13. The van der Waals surface area contributed by atoms with E-state index in [-0.39, 0.29) is 5.92 Å². The number of nitrogens with one attached hydrogen (secondary N) is 2. The van der Waals surface area contributed by atoms with Crippen LogP contribution in [0.3, 0.4) is 0 Å². The summed E-state index contributed by atoms with van der Waals surface area (Å²) in [5, 5.41) is 53.7. The van der Waals surface area contributed by atoms with Gasteiger partial charge in [-0.25, -0.2) is 4.79 Å². The van der Waals surface area contributed by atoms with Gasteiger partial charge in [0.25, 0.3) is 0 Å². The number of rotatable bonds is 19. The smallest absolute Gasteiger partial charge is 0.315 e. The van der Waals surface area contributed by atoms with E-state index >= 15 is 0 Å². The van der Waals surface area contributed by atoms with E-state index in [1.807, 2.05) is 48.8 Å². The highest BCUT2D eigenvalue weighted by atomic mass is 35.5. The van der Waals surface area contributed by atoms with E-state index in [2.05, 4.69) is 34.7 Å². The lowest BCUT2D eigenvalue weighted by Gasteiger charge is -2.28. The van der Waals surface area contributed by atoms with E-state index in [0.29, 0.717) is 30.7 Å². The summed E-state index contributed by atoms with van der Waals surface area (Å²) >= 11 is 6.66. The molecule has 2 saturated carbocycles. The largest absolute Gasteiger partial charge is 0.490 e. The van der Waals surface area contributed by atoms with Crippen molar-refractivity contribution in [1.29, 1.82) is 0 Å². The van der Waals surface area contributed by atoms with Gasteiger partial charge in [-0.1, -0.05) is 55.3 Å². The van der Waals surface area contributed by atoms with Gasteiger partial charge in [-0.3, -0.25) is 4.98 Å². The Bertz CT molecular complexity index is 1530. The van der Waals surface area contributed by atoms with Crippen LogP contribution < -0.4 is 15.4 Å². The number of para-hydroxylation sites is 1. The molecule has 0 spiro atoms. The lowest BCUT2D eigenvalue weighted by atomic mass is 9.94. The molecule has 1 heterocycles. The lowest BCUT2D eigenvalue weighted by Crippen LogP contribution is -2.56. The molecule has 7 N–H and O–H groups in total.